The molecule has 0 fully saturated rings. The molecule has 132 valence electrons. The summed E-state index contributed by atoms with van der Waals surface area (Å²) in [6.45, 7) is 0. The van der Waals surface area contributed by atoms with Crippen molar-refractivity contribution in [1.29, 1.82) is 0 Å². The van der Waals surface area contributed by atoms with Crippen molar-refractivity contribution in [2.75, 3.05) is 16.4 Å². The van der Waals surface area contributed by atoms with Gasteiger partial charge in [-0.3, -0.25) is 9.59 Å². The highest BCUT2D eigenvalue weighted by Gasteiger charge is 2.09. The first-order chi connectivity index (χ1) is 12.6. The molecule has 0 spiro atoms. The minimum Gasteiger partial charge on any atom is -0.325 e. The van der Waals surface area contributed by atoms with E-state index in [2.05, 4.69) is 10.6 Å². The summed E-state index contributed by atoms with van der Waals surface area (Å²) >= 11 is 8.84. The second-order valence-corrected chi connectivity index (χ2v) is 7.65. The summed E-state index contributed by atoms with van der Waals surface area (Å²) in [7, 11) is 0. The molecule has 2 aromatic carbocycles. The van der Waals surface area contributed by atoms with E-state index in [4.69, 9.17) is 11.6 Å². The predicted molar refractivity (Wildman–Crippen MR) is 110 cm³/mol. The number of amides is 2. The van der Waals surface area contributed by atoms with Gasteiger partial charge in [-0.2, -0.15) is 0 Å². The van der Waals surface area contributed by atoms with Gasteiger partial charge in [0.25, 0.3) is 5.91 Å². The molecule has 2 N–H and O–H groups in total. The van der Waals surface area contributed by atoms with Crippen LogP contribution in [-0.2, 0) is 4.79 Å². The summed E-state index contributed by atoms with van der Waals surface area (Å²) < 4.78 is 0. The molecule has 0 aliphatic carbocycles. The Balaban J connectivity index is 1.57. The van der Waals surface area contributed by atoms with Crippen molar-refractivity contribution < 1.29 is 9.59 Å². The number of halogens is 1. The van der Waals surface area contributed by atoms with Crippen LogP contribution in [0.4, 0.5) is 11.4 Å². The van der Waals surface area contributed by atoms with Gasteiger partial charge >= 0.3 is 0 Å². The molecule has 3 rings (SSSR count). The maximum Gasteiger partial charge on any atom is 0.265 e. The zero-order valence-electron chi connectivity index (χ0n) is 13.6. The summed E-state index contributed by atoms with van der Waals surface area (Å²) in [5.74, 6) is -0.0652. The molecule has 7 heteroatoms. The van der Waals surface area contributed by atoms with Gasteiger partial charge in [0.15, 0.2) is 0 Å². The fourth-order valence-corrected chi connectivity index (χ4v) is 3.84. The van der Waals surface area contributed by atoms with Crippen molar-refractivity contribution in [3.8, 4) is 0 Å². The second-order valence-electron chi connectivity index (χ2n) is 5.28. The largest absolute Gasteiger partial charge is 0.325 e. The third-order valence-corrected chi connectivity index (χ3v) is 5.73. The summed E-state index contributed by atoms with van der Waals surface area (Å²) in [6.07, 6.45) is 0. The minimum atomic E-state index is -0.169. The zero-order valence-corrected chi connectivity index (χ0v) is 16.0. The molecule has 0 atom stereocenters. The first-order valence-electron chi connectivity index (χ1n) is 7.74. The zero-order chi connectivity index (χ0) is 18.4. The smallest absolute Gasteiger partial charge is 0.265 e. The molecule has 1 aromatic heterocycles. The van der Waals surface area contributed by atoms with Gasteiger partial charge in [0.05, 0.1) is 15.7 Å². The lowest BCUT2D eigenvalue weighted by atomic mass is 10.2. The minimum absolute atomic E-state index is 0.142. The molecular formula is C19H15ClN2O2S2. The van der Waals surface area contributed by atoms with E-state index in [1.54, 1.807) is 36.4 Å². The number of benzene rings is 2. The van der Waals surface area contributed by atoms with E-state index in [0.717, 1.165) is 4.90 Å². The fraction of sp³-hybridized carbons (Fsp3) is 0.0526. The molecular weight excluding hydrogens is 388 g/mol. The number of thiophene rings is 1. The standard InChI is InChI=1S/C19H15ClN2O2S2/c20-15-7-1-2-8-16(15)26-12-18(23)21-13-5-3-6-14(11-13)22-19(24)17-9-4-10-25-17/h1-11H,12H2,(H,21,23)(H,22,24). The van der Waals surface area contributed by atoms with Crippen molar-refractivity contribution >= 4 is 57.9 Å². The van der Waals surface area contributed by atoms with Gasteiger partial charge in [0.2, 0.25) is 5.91 Å². The first-order valence-corrected chi connectivity index (χ1v) is 9.98. The number of thioether (sulfide) groups is 1. The number of carbonyl (C=O) groups is 2. The van der Waals surface area contributed by atoms with Gasteiger partial charge in [-0.25, -0.2) is 0 Å². The maximum absolute atomic E-state index is 12.2. The highest BCUT2D eigenvalue weighted by atomic mass is 35.5. The Kier molecular flexibility index (Phi) is 6.33. The van der Waals surface area contributed by atoms with Crippen LogP contribution < -0.4 is 10.6 Å². The van der Waals surface area contributed by atoms with Crippen LogP contribution in [0.5, 0.6) is 0 Å². The van der Waals surface area contributed by atoms with Gasteiger partial charge in [-0.05, 0) is 41.8 Å². The van der Waals surface area contributed by atoms with Crippen LogP contribution in [0.15, 0.2) is 70.9 Å². The summed E-state index contributed by atoms with van der Waals surface area (Å²) in [5, 5.41) is 8.13. The number of carbonyl (C=O) groups excluding carboxylic acids is 2. The Bertz CT molecular complexity index is 913. The van der Waals surface area contributed by atoms with Gasteiger partial charge in [-0.1, -0.05) is 35.9 Å². The number of hydrogen-bond acceptors (Lipinski definition) is 4. The molecule has 0 saturated carbocycles. The first kappa shape index (κ1) is 18.5. The summed E-state index contributed by atoms with van der Waals surface area (Å²) in [5.41, 5.74) is 1.25. The molecule has 26 heavy (non-hydrogen) atoms. The van der Waals surface area contributed by atoms with Crippen LogP contribution in [0.25, 0.3) is 0 Å². The molecule has 0 unspecified atom stereocenters. The Labute approximate surface area is 164 Å². The van der Waals surface area contributed by atoms with Crippen LogP contribution in [0, 0.1) is 0 Å². The second kappa shape index (κ2) is 8.89. The molecule has 3 aromatic rings. The van der Waals surface area contributed by atoms with Crippen LogP contribution in [0.1, 0.15) is 9.67 Å². The third-order valence-electron chi connectivity index (χ3n) is 3.34. The van der Waals surface area contributed by atoms with Crippen LogP contribution in [-0.4, -0.2) is 17.6 Å². The summed E-state index contributed by atoms with van der Waals surface area (Å²) in [6, 6.07) is 18.0. The topological polar surface area (TPSA) is 58.2 Å². The van der Waals surface area contributed by atoms with E-state index in [0.29, 0.717) is 21.3 Å². The van der Waals surface area contributed by atoms with Crippen molar-refractivity contribution in [3.05, 3.63) is 75.9 Å². The van der Waals surface area contributed by atoms with E-state index >= 15 is 0 Å². The van der Waals surface area contributed by atoms with Gasteiger partial charge in [-0.15, -0.1) is 23.1 Å². The molecule has 0 aliphatic heterocycles. The highest BCUT2D eigenvalue weighted by Crippen LogP contribution is 2.26. The van der Waals surface area contributed by atoms with Crippen LogP contribution in [0.2, 0.25) is 5.02 Å². The van der Waals surface area contributed by atoms with Gasteiger partial charge in [0.1, 0.15) is 0 Å². The van der Waals surface area contributed by atoms with Crippen molar-refractivity contribution in [3.63, 3.8) is 0 Å². The van der Waals surface area contributed by atoms with Crippen LogP contribution in [0.3, 0.4) is 0 Å². The monoisotopic (exact) mass is 402 g/mol. The Morgan fingerprint density at radius 3 is 2.46 bits per heavy atom. The van der Waals surface area contributed by atoms with E-state index in [9.17, 15) is 9.59 Å². The van der Waals surface area contributed by atoms with Gasteiger partial charge < -0.3 is 10.6 Å². The Hall–Kier alpha value is -2.28. The fourth-order valence-electron chi connectivity index (χ4n) is 2.18. The van der Waals surface area contributed by atoms with Crippen LogP contribution >= 0.6 is 34.7 Å². The molecule has 0 aliphatic rings. The third kappa shape index (κ3) is 5.11. The number of nitrogens with one attached hydrogen (secondary N) is 2. The number of anilines is 2. The predicted octanol–water partition coefficient (Wildman–Crippen LogP) is 5.38. The molecule has 0 bridgehead atoms. The lowest BCUT2D eigenvalue weighted by Gasteiger charge is -2.09. The van der Waals surface area contributed by atoms with Gasteiger partial charge in [0, 0.05) is 16.3 Å². The summed E-state index contributed by atoms with van der Waals surface area (Å²) in [4.78, 5) is 25.7. The SMILES string of the molecule is O=C(CSc1ccccc1Cl)Nc1cccc(NC(=O)c2cccs2)c1. The quantitative estimate of drug-likeness (QED) is 0.544. The molecule has 0 radical (unpaired) electrons. The average Bonchev–Trinajstić information content (AvgIpc) is 3.16. The van der Waals surface area contributed by atoms with E-state index in [1.807, 2.05) is 29.6 Å². The van der Waals surface area contributed by atoms with Crippen molar-refractivity contribution in [2.24, 2.45) is 0 Å². The molecule has 2 amide bonds. The van der Waals surface area contributed by atoms with Crippen molar-refractivity contribution in [1.82, 2.24) is 0 Å². The molecule has 1 heterocycles. The highest BCUT2D eigenvalue weighted by molar-refractivity contribution is 8.00. The van der Waals surface area contributed by atoms with E-state index in [1.165, 1.54) is 23.1 Å². The van der Waals surface area contributed by atoms with E-state index < -0.39 is 0 Å². The maximum atomic E-state index is 12.2. The normalized spacial score (nSPS) is 10.3. The van der Waals surface area contributed by atoms with E-state index in [-0.39, 0.29) is 17.6 Å². The lowest BCUT2D eigenvalue weighted by molar-refractivity contribution is -0.113. The Morgan fingerprint density at radius 2 is 1.73 bits per heavy atom. The number of hydrogen-bond donors (Lipinski definition) is 2. The molecule has 0 saturated heterocycles. The lowest BCUT2D eigenvalue weighted by Crippen LogP contribution is -2.15. The Morgan fingerprint density at radius 1 is 0.962 bits per heavy atom. The molecule has 4 nitrogen and oxygen atoms in total. The van der Waals surface area contributed by atoms with Crippen molar-refractivity contribution in [2.45, 2.75) is 4.90 Å². The average molecular weight is 403 g/mol. The number of rotatable bonds is 6.